The molecular formula is C9H6Cl2O3. The van der Waals surface area contributed by atoms with Gasteiger partial charge < -0.3 is 4.74 Å². The molecule has 1 rings (SSSR count). The third-order valence-corrected chi connectivity index (χ3v) is 2.27. The van der Waals surface area contributed by atoms with Crippen LogP contribution < -0.4 is 0 Å². The van der Waals surface area contributed by atoms with Gasteiger partial charge in [-0.15, -0.1) is 0 Å². The van der Waals surface area contributed by atoms with Crippen LogP contribution in [0.15, 0.2) is 18.2 Å². The molecule has 3 nitrogen and oxygen atoms in total. The molecular weight excluding hydrogens is 227 g/mol. The first-order valence-electron chi connectivity index (χ1n) is 3.71. The van der Waals surface area contributed by atoms with E-state index >= 15 is 0 Å². The van der Waals surface area contributed by atoms with Gasteiger partial charge in [-0.3, -0.25) is 4.79 Å². The molecule has 1 aromatic rings. The molecule has 14 heavy (non-hydrogen) atoms. The van der Waals surface area contributed by atoms with E-state index in [1.165, 1.54) is 6.07 Å². The van der Waals surface area contributed by atoms with E-state index in [2.05, 4.69) is 4.74 Å². The first-order chi connectivity index (χ1) is 6.66. The topological polar surface area (TPSA) is 43.4 Å². The molecule has 1 aromatic carbocycles. The summed E-state index contributed by atoms with van der Waals surface area (Å²) in [6, 6.07) is 4.60. The zero-order valence-corrected chi connectivity index (χ0v) is 8.51. The molecule has 0 unspecified atom stereocenters. The van der Waals surface area contributed by atoms with Crippen LogP contribution >= 0.6 is 23.2 Å². The van der Waals surface area contributed by atoms with Crippen molar-refractivity contribution in [3.8, 4) is 0 Å². The van der Waals surface area contributed by atoms with Crippen molar-refractivity contribution in [3.63, 3.8) is 0 Å². The Kier molecular flexibility index (Phi) is 3.92. The van der Waals surface area contributed by atoms with Gasteiger partial charge in [-0.2, -0.15) is 0 Å². The van der Waals surface area contributed by atoms with Crippen LogP contribution in [0, 0.1) is 0 Å². The van der Waals surface area contributed by atoms with Gasteiger partial charge in [-0.1, -0.05) is 29.3 Å². The van der Waals surface area contributed by atoms with E-state index in [1.807, 2.05) is 0 Å². The smallest absolute Gasteiger partial charge is 0.340 e. The maximum atomic E-state index is 11.3. The number of esters is 1. The van der Waals surface area contributed by atoms with E-state index in [4.69, 9.17) is 23.2 Å². The fraction of sp³-hybridized carbons (Fsp3) is 0.111. The first kappa shape index (κ1) is 11.0. The summed E-state index contributed by atoms with van der Waals surface area (Å²) in [5.74, 6) is -0.662. The van der Waals surface area contributed by atoms with E-state index in [0.717, 1.165) is 0 Å². The summed E-state index contributed by atoms with van der Waals surface area (Å²) in [6.45, 7) is -0.290. The van der Waals surface area contributed by atoms with Gasteiger partial charge in [-0.05, 0) is 12.1 Å². The van der Waals surface area contributed by atoms with Gasteiger partial charge in [-0.25, -0.2) is 4.79 Å². The second kappa shape index (κ2) is 4.98. The average molecular weight is 233 g/mol. The van der Waals surface area contributed by atoms with Crippen LogP contribution in [0.5, 0.6) is 0 Å². The van der Waals surface area contributed by atoms with E-state index in [0.29, 0.717) is 6.29 Å². The number of aldehydes is 1. The average Bonchev–Trinajstić information content (AvgIpc) is 2.18. The number of rotatable bonds is 3. The number of benzene rings is 1. The third kappa shape index (κ3) is 2.47. The molecule has 0 aliphatic rings. The fourth-order valence-electron chi connectivity index (χ4n) is 0.849. The monoisotopic (exact) mass is 232 g/mol. The van der Waals surface area contributed by atoms with Gasteiger partial charge in [0.2, 0.25) is 0 Å². The summed E-state index contributed by atoms with van der Waals surface area (Å²) in [4.78, 5) is 21.2. The van der Waals surface area contributed by atoms with Crippen LogP contribution in [0.3, 0.4) is 0 Å². The fourth-order valence-corrected chi connectivity index (χ4v) is 1.23. The van der Waals surface area contributed by atoms with Crippen molar-refractivity contribution in [2.75, 3.05) is 6.61 Å². The van der Waals surface area contributed by atoms with Gasteiger partial charge >= 0.3 is 5.97 Å². The molecule has 0 atom stereocenters. The van der Waals surface area contributed by atoms with Crippen molar-refractivity contribution >= 4 is 35.5 Å². The molecule has 0 aliphatic heterocycles. The lowest BCUT2D eigenvalue weighted by Crippen LogP contribution is -2.07. The third-order valence-electron chi connectivity index (χ3n) is 1.45. The van der Waals surface area contributed by atoms with Crippen molar-refractivity contribution in [2.45, 2.75) is 0 Å². The Balaban J connectivity index is 2.89. The largest absolute Gasteiger partial charge is 0.454 e. The Morgan fingerprint density at radius 3 is 2.79 bits per heavy atom. The summed E-state index contributed by atoms with van der Waals surface area (Å²) >= 11 is 11.4. The highest BCUT2D eigenvalue weighted by Crippen LogP contribution is 2.25. The number of ether oxygens (including phenoxy) is 1. The number of carbonyl (C=O) groups is 2. The summed E-state index contributed by atoms with van der Waals surface area (Å²) < 4.78 is 4.56. The quantitative estimate of drug-likeness (QED) is 0.594. The van der Waals surface area contributed by atoms with Crippen LogP contribution in [-0.2, 0) is 9.53 Å². The second-order valence-corrected chi connectivity index (χ2v) is 3.15. The molecule has 0 spiro atoms. The lowest BCUT2D eigenvalue weighted by Gasteiger charge is -2.03. The highest BCUT2D eigenvalue weighted by atomic mass is 35.5. The molecule has 5 heteroatoms. The highest BCUT2D eigenvalue weighted by Gasteiger charge is 2.13. The molecule has 0 amide bonds. The number of halogens is 2. The maximum Gasteiger partial charge on any atom is 0.340 e. The number of carbonyl (C=O) groups excluding carboxylic acids is 2. The van der Waals surface area contributed by atoms with Crippen LogP contribution in [0.2, 0.25) is 10.0 Å². The van der Waals surface area contributed by atoms with Crippen molar-refractivity contribution in [3.05, 3.63) is 33.8 Å². The molecule has 0 N–H and O–H groups in total. The van der Waals surface area contributed by atoms with Gasteiger partial charge in [0.15, 0.2) is 6.29 Å². The number of hydrogen-bond donors (Lipinski definition) is 0. The molecule has 0 saturated heterocycles. The van der Waals surface area contributed by atoms with Gasteiger partial charge in [0, 0.05) is 0 Å². The Hall–Kier alpha value is -1.06. The normalized spacial score (nSPS) is 9.57. The van der Waals surface area contributed by atoms with Crippen LogP contribution in [0.25, 0.3) is 0 Å². The minimum atomic E-state index is -0.662. The Morgan fingerprint density at radius 1 is 1.43 bits per heavy atom. The van der Waals surface area contributed by atoms with E-state index in [9.17, 15) is 9.59 Å². The minimum absolute atomic E-state index is 0.130. The zero-order valence-electron chi connectivity index (χ0n) is 7.00. The first-order valence-corrected chi connectivity index (χ1v) is 4.47. The van der Waals surface area contributed by atoms with E-state index < -0.39 is 5.97 Å². The van der Waals surface area contributed by atoms with Crippen molar-refractivity contribution < 1.29 is 14.3 Å². The van der Waals surface area contributed by atoms with E-state index in [-0.39, 0.29) is 22.2 Å². The highest BCUT2D eigenvalue weighted by molar-refractivity contribution is 6.43. The Labute approximate surface area is 90.6 Å². The Bertz CT molecular complexity index is 363. The minimum Gasteiger partial charge on any atom is -0.454 e. The molecule has 0 fully saturated rings. The zero-order chi connectivity index (χ0) is 10.6. The van der Waals surface area contributed by atoms with E-state index in [1.54, 1.807) is 12.1 Å². The predicted octanol–water partition coefficient (Wildman–Crippen LogP) is 2.35. The summed E-state index contributed by atoms with van der Waals surface area (Å²) in [6.07, 6.45) is 0.482. The van der Waals surface area contributed by atoms with Crippen LogP contribution in [0.4, 0.5) is 0 Å². The van der Waals surface area contributed by atoms with Gasteiger partial charge in [0.1, 0.15) is 6.61 Å². The van der Waals surface area contributed by atoms with Crippen molar-refractivity contribution in [2.24, 2.45) is 0 Å². The Morgan fingerprint density at radius 2 is 2.14 bits per heavy atom. The van der Waals surface area contributed by atoms with Crippen molar-refractivity contribution in [1.29, 1.82) is 0 Å². The molecule has 0 aliphatic carbocycles. The number of hydrogen-bond acceptors (Lipinski definition) is 3. The predicted molar refractivity (Wildman–Crippen MR) is 52.8 cm³/mol. The summed E-state index contributed by atoms with van der Waals surface area (Å²) in [5.41, 5.74) is 0.154. The standard InChI is InChI=1S/C9H6Cl2O3/c10-7-3-1-2-6(8(7)11)9(13)14-5-4-12/h1-4H,5H2. The lowest BCUT2D eigenvalue weighted by atomic mass is 10.2. The SMILES string of the molecule is O=CCOC(=O)c1cccc(Cl)c1Cl. The van der Waals surface area contributed by atoms with Crippen molar-refractivity contribution in [1.82, 2.24) is 0 Å². The van der Waals surface area contributed by atoms with Crippen LogP contribution in [-0.4, -0.2) is 18.9 Å². The van der Waals surface area contributed by atoms with Gasteiger partial charge in [0.25, 0.3) is 0 Å². The summed E-state index contributed by atoms with van der Waals surface area (Å²) in [5, 5.41) is 0.400. The molecule has 74 valence electrons. The molecule has 0 aromatic heterocycles. The summed E-state index contributed by atoms with van der Waals surface area (Å²) in [7, 11) is 0. The van der Waals surface area contributed by atoms with Crippen LogP contribution in [0.1, 0.15) is 10.4 Å². The molecule has 0 heterocycles. The van der Waals surface area contributed by atoms with Gasteiger partial charge in [0.05, 0.1) is 15.6 Å². The second-order valence-electron chi connectivity index (χ2n) is 2.37. The molecule has 0 bridgehead atoms. The lowest BCUT2D eigenvalue weighted by molar-refractivity contribution is -0.110. The maximum absolute atomic E-state index is 11.3. The molecule has 0 radical (unpaired) electrons. The molecule has 0 saturated carbocycles.